The Morgan fingerprint density at radius 3 is 2.22 bits per heavy atom. The van der Waals surface area contributed by atoms with Gasteiger partial charge in [-0.05, 0) is 66.1 Å². The number of rotatable bonds is 8. The minimum atomic E-state index is -0.716. The third kappa shape index (κ3) is 6.29. The smallest absolute Gasteiger partial charge is 0.265 e. The van der Waals surface area contributed by atoms with Crippen LogP contribution >= 0.6 is 11.6 Å². The predicted molar refractivity (Wildman–Crippen MR) is 141 cm³/mol. The summed E-state index contributed by atoms with van der Waals surface area (Å²) in [6.45, 7) is 1.86. The fourth-order valence-corrected chi connectivity index (χ4v) is 3.76. The summed E-state index contributed by atoms with van der Waals surface area (Å²) in [6.07, 6.45) is -0.260. The van der Waals surface area contributed by atoms with Crippen LogP contribution in [0, 0.1) is 5.82 Å². The molecule has 0 saturated carbocycles. The van der Waals surface area contributed by atoms with Crippen molar-refractivity contribution in [3.63, 3.8) is 0 Å². The summed E-state index contributed by atoms with van der Waals surface area (Å²) in [7, 11) is 0. The SMILES string of the molecule is CCC(Oc1ccc(-c2ccccc2)cc1)C(=O)Nc1cccc(C(=O)Nc2ccc(F)c(Cl)c2)c1. The van der Waals surface area contributed by atoms with Gasteiger partial charge in [0, 0.05) is 16.9 Å². The van der Waals surface area contributed by atoms with E-state index in [0.717, 1.165) is 11.1 Å². The third-order valence-corrected chi connectivity index (χ3v) is 5.76. The van der Waals surface area contributed by atoms with Crippen molar-refractivity contribution in [3.8, 4) is 16.9 Å². The number of hydrogen-bond acceptors (Lipinski definition) is 3. The number of hydrogen-bond donors (Lipinski definition) is 2. The molecule has 0 bridgehead atoms. The van der Waals surface area contributed by atoms with Gasteiger partial charge in [-0.3, -0.25) is 9.59 Å². The second-order valence-corrected chi connectivity index (χ2v) is 8.47. The number of amides is 2. The first kappa shape index (κ1) is 24.9. The van der Waals surface area contributed by atoms with Crippen molar-refractivity contribution >= 4 is 34.8 Å². The van der Waals surface area contributed by atoms with E-state index in [-0.39, 0.29) is 10.9 Å². The van der Waals surface area contributed by atoms with Crippen molar-refractivity contribution < 1.29 is 18.7 Å². The van der Waals surface area contributed by atoms with E-state index in [1.165, 1.54) is 18.2 Å². The molecule has 0 radical (unpaired) electrons. The number of anilines is 2. The maximum Gasteiger partial charge on any atom is 0.265 e. The Hall–Kier alpha value is -4.16. The number of carbonyl (C=O) groups excluding carboxylic acids is 2. The minimum absolute atomic E-state index is 0.0888. The highest BCUT2D eigenvalue weighted by Gasteiger charge is 2.19. The number of nitrogens with one attached hydrogen (secondary N) is 2. The van der Waals surface area contributed by atoms with Crippen LogP contribution in [0.25, 0.3) is 11.1 Å². The van der Waals surface area contributed by atoms with Crippen LogP contribution in [0.2, 0.25) is 5.02 Å². The lowest BCUT2D eigenvalue weighted by Crippen LogP contribution is -2.32. The van der Waals surface area contributed by atoms with Gasteiger partial charge in [-0.15, -0.1) is 0 Å². The molecular formula is C29H24ClFN2O3. The van der Waals surface area contributed by atoms with Gasteiger partial charge in [0.05, 0.1) is 5.02 Å². The zero-order chi connectivity index (χ0) is 25.5. The topological polar surface area (TPSA) is 67.4 Å². The number of carbonyl (C=O) groups is 2. The van der Waals surface area contributed by atoms with E-state index in [2.05, 4.69) is 10.6 Å². The molecule has 0 spiro atoms. The second kappa shape index (κ2) is 11.5. The molecule has 36 heavy (non-hydrogen) atoms. The summed E-state index contributed by atoms with van der Waals surface area (Å²) in [5.41, 5.74) is 3.28. The third-order valence-electron chi connectivity index (χ3n) is 5.47. The lowest BCUT2D eigenvalue weighted by Gasteiger charge is -2.18. The van der Waals surface area contributed by atoms with E-state index < -0.39 is 17.8 Å². The Balaban J connectivity index is 1.39. The summed E-state index contributed by atoms with van der Waals surface area (Å²) in [5.74, 6) is -0.731. The van der Waals surface area contributed by atoms with Crippen LogP contribution in [0.5, 0.6) is 5.75 Å². The summed E-state index contributed by atoms with van der Waals surface area (Å²) >= 11 is 5.78. The fraction of sp³-hybridized carbons (Fsp3) is 0.103. The average molecular weight is 503 g/mol. The Morgan fingerprint density at radius 2 is 1.53 bits per heavy atom. The molecule has 0 aliphatic carbocycles. The van der Waals surface area contributed by atoms with Crippen LogP contribution in [-0.4, -0.2) is 17.9 Å². The highest BCUT2D eigenvalue weighted by Crippen LogP contribution is 2.24. The molecule has 0 aromatic heterocycles. The Morgan fingerprint density at radius 1 is 0.833 bits per heavy atom. The molecule has 0 fully saturated rings. The zero-order valence-corrected chi connectivity index (χ0v) is 20.3. The van der Waals surface area contributed by atoms with Crippen LogP contribution in [0.4, 0.5) is 15.8 Å². The molecule has 0 aliphatic rings. The number of benzene rings is 4. The molecule has 0 aliphatic heterocycles. The van der Waals surface area contributed by atoms with E-state index >= 15 is 0 Å². The highest BCUT2D eigenvalue weighted by atomic mass is 35.5. The standard InChI is InChI=1S/C29H24ClFN2O3/c1-2-27(36-24-14-11-20(12-15-24)19-7-4-3-5-8-19)29(35)33-22-10-6-9-21(17-22)28(34)32-23-13-16-26(31)25(30)18-23/h3-18,27H,2H2,1H3,(H,32,34)(H,33,35). The molecule has 2 N–H and O–H groups in total. The van der Waals surface area contributed by atoms with Crippen molar-refractivity contribution in [1.82, 2.24) is 0 Å². The first-order chi connectivity index (χ1) is 17.4. The van der Waals surface area contributed by atoms with Gasteiger partial charge in [0.25, 0.3) is 11.8 Å². The normalized spacial score (nSPS) is 11.4. The number of halogens is 2. The highest BCUT2D eigenvalue weighted by molar-refractivity contribution is 6.31. The van der Waals surface area contributed by atoms with E-state index in [0.29, 0.717) is 29.1 Å². The maximum atomic E-state index is 13.4. The molecule has 2 amide bonds. The first-order valence-corrected chi connectivity index (χ1v) is 11.8. The van der Waals surface area contributed by atoms with Crippen LogP contribution in [-0.2, 0) is 4.79 Å². The molecular weight excluding hydrogens is 479 g/mol. The van der Waals surface area contributed by atoms with Gasteiger partial charge >= 0.3 is 0 Å². The van der Waals surface area contributed by atoms with Crippen LogP contribution in [0.3, 0.4) is 0 Å². The zero-order valence-electron chi connectivity index (χ0n) is 19.5. The minimum Gasteiger partial charge on any atom is -0.481 e. The quantitative estimate of drug-likeness (QED) is 0.268. The molecule has 1 atom stereocenters. The molecule has 4 aromatic rings. The Kier molecular flexibility index (Phi) is 7.98. The van der Waals surface area contributed by atoms with Crippen LogP contribution in [0.1, 0.15) is 23.7 Å². The molecule has 0 saturated heterocycles. The predicted octanol–water partition coefficient (Wildman–Crippen LogP) is 7.19. The van der Waals surface area contributed by atoms with Gasteiger partial charge in [0.2, 0.25) is 0 Å². The molecule has 4 rings (SSSR count). The van der Waals surface area contributed by atoms with Crippen molar-refractivity contribution in [3.05, 3.63) is 113 Å². The van der Waals surface area contributed by atoms with Gasteiger partial charge < -0.3 is 15.4 Å². The molecule has 182 valence electrons. The lowest BCUT2D eigenvalue weighted by molar-refractivity contribution is -0.122. The largest absolute Gasteiger partial charge is 0.481 e. The molecule has 5 nitrogen and oxygen atoms in total. The number of ether oxygens (including phenoxy) is 1. The summed E-state index contributed by atoms with van der Waals surface area (Å²) in [5, 5.41) is 5.38. The van der Waals surface area contributed by atoms with Crippen LogP contribution < -0.4 is 15.4 Å². The second-order valence-electron chi connectivity index (χ2n) is 8.06. The van der Waals surface area contributed by atoms with Gasteiger partial charge in [0.15, 0.2) is 6.10 Å². The monoisotopic (exact) mass is 502 g/mol. The van der Waals surface area contributed by atoms with E-state index in [4.69, 9.17) is 16.3 Å². The van der Waals surface area contributed by atoms with E-state index in [9.17, 15) is 14.0 Å². The Bertz CT molecular complexity index is 1360. The molecule has 0 heterocycles. The lowest BCUT2D eigenvalue weighted by atomic mass is 10.1. The summed E-state index contributed by atoms with van der Waals surface area (Å²) in [4.78, 5) is 25.5. The van der Waals surface area contributed by atoms with Crippen molar-refractivity contribution in [2.75, 3.05) is 10.6 Å². The Labute approximate surface area is 213 Å². The maximum absolute atomic E-state index is 13.4. The summed E-state index contributed by atoms with van der Waals surface area (Å²) < 4.78 is 19.3. The molecule has 7 heteroatoms. The van der Waals surface area contributed by atoms with Gasteiger partial charge in [-0.2, -0.15) is 0 Å². The van der Waals surface area contributed by atoms with Crippen molar-refractivity contribution in [2.45, 2.75) is 19.4 Å². The van der Waals surface area contributed by atoms with Gasteiger partial charge in [-0.25, -0.2) is 4.39 Å². The van der Waals surface area contributed by atoms with Gasteiger partial charge in [-0.1, -0.05) is 67.1 Å². The first-order valence-electron chi connectivity index (χ1n) is 11.4. The van der Waals surface area contributed by atoms with Crippen molar-refractivity contribution in [1.29, 1.82) is 0 Å². The fourth-order valence-electron chi connectivity index (χ4n) is 3.58. The van der Waals surface area contributed by atoms with E-state index in [1.54, 1.807) is 24.3 Å². The van der Waals surface area contributed by atoms with Gasteiger partial charge in [0.1, 0.15) is 11.6 Å². The summed E-state index contributed by atoms with van der Waals surface area (Å²) in [6, 6.07) is 28.0. The average Bonchev–Trinajstić information content (AvgIpc) is 2.90. The van der Waals surface area contributed by atoms with Crippen molar-refractivity contribution in [2.24, 2.45) is 0 Å². The molecule has 4 aromatic carbocycles. The molecule has 1 unspecified atom stereocenters. The van der Waals surface area contributed by atoms with E-state index in [1.807, 2.05) is 61.5 Å². The van der Waals surface area contributed by atoms with Crippen LogP contribution in [0.15, 0.2) is 97.1 Å².